The molecule has 1 saturated heterocycles. The van der Waals surface area contributed by atoms with Gasteiger partial charge in [-0.15, -0.1) is 0 Å². The first-order chi connectivity index (χ1) is 13.6. The normalized spacial score (nSPS) is 20.9. The van der Waals surface area contributed by atoms with Crippen molar-refractivity contribution in [1.82, 2.24) is 24.8 Å². The molecule has 0 atom stereocenters. The summed E-state index contributed by atoms with van der Waals surface area (Å²) in [4.78, 5) is 42.2. The molecule has 2 aromatic heterocycles. The molecule has 146 valence electrons. The van der Waals surface area contributed by atoms with Crippen LogP contribution in [0, 0.1) is 12.8 Å². The fourth-order valence-corrected chi connectivity index (χ4v) is 4.76. The second kappa shape index (κ2) is 6.43. The summed E-state index contributed by atoms with van der Waals surface area (Å²) >= 11 is 0. The van der Waals surface area contributed by atoms with E-state index in [4.69, 9.17) is 0 Å². The minimum Gasteiger partial charge on any atom is -0.348 e. The van der Waals surface area contributed by atoms with Gasteiger partial charge in [0.2, 0.25) is 5.91 Å². The Kier molecular flexibility index (Phi) is 4.00. The number of aromatic nitrogens is 3. The van der Waals surface area contributed by atoms with Crippen LogP contribution in [0.2, 0.25) is 0 Å². The Labute approximate surface area is 164 Å². The van der Waals surface area contributed by atoms with E-state index in [-0.39, 0.29) is 23.3 Å². The zero-order chi connectivity index (χ0) is 19.3. The zero-order valence-corrected chi connectivity index (χ0v) is 16.1. The molecule has 0 radical (unpaired) electrons. The van der Waals surface area contributed by atoms with E-state index in [9.17, 15) is 9.59 Å². The van der Waals surface area contributed by atoms with Crippen LogP contribution in [0.25, 0.3) is 0 Å². The standard InChI is InChI=1S/C21H25N5O2/c1-14-3-2-4-17(24-14)20(28)25-11-8-21(9-12-25)18-16(22-13-23-18)7-10-26(21)19(27)15-5-6-15/h2-4,13,15H,5-12H2,1H3,(H,22,23). The molecule has 5 rings (SSSR count). The highest BCUT2D eigenvalue weighted by Crippen LogP contribution is 2.45. The van der Waals surface area contributed by atoms with Crippen molar-refractivity contribution in [3.8, 4) is 0 Å². The van der Waals surface area contributed by atoms with Gasteiger partial charge in [0.25, 0.3) is 5.91 Å². The number of pyridine rings is 1. The Hall–Kier alpha value is -2.70. The van der Waals surface area contributed by atoms with Gasteiger partial charge in [0.05, 0.1) is 17.6 Å². The highest BCUT2D eigenvalue weighted by molar-refractivity contribution is 5.92. The van der Waals surface area contributed by atoms with Gasteiger partial charge in [-0.2, -0.15) is 0 Å². The number of fused-ring (bicyclic) bond motifs is 2. The van der Waals surface area contributed by atoms with Gasteiger partial charge in [0, 0.05) is 43.4 Å². The number of piperidine rings is 1. The van der Waals surface area contributed by atoms with E-state index in [1.54, 1.807) is 12.4 Å². The quantitative estimate of drug-likeness (QED) is 0.866. The minimum atomic E-state index is -0.385. The highest BCUT2D eigenvalue weighted by Gasteiger charge is 2.51. The van der Waals surface area contributed by atoms with Crippen LogP contribution in [0.5, 0.6) is 0 Å². The first kappa shape index (κ1) is 17.4. The lowest BCUT2D eigenvalue weighted by molar-refractivity contribution is -0.143. The summed E-state index contributed by atoms with van der Waals surface area (Å²) in [5.74, 6) is 0.430. The lowest BCUT2D eigenvalue weighted by Gasteiger charge is -2.50. The molecule has 0 aromatic carbocycles. The van der Waals surface area contributed by atoms with Crippen LogP contribution in [-0.4, -0.2) is 56.2 Å². The monoisotopic (exact) mass is 379 g/mol. The first-order valence-corrected chi connectivity index (χ1v) is 10.2. The molecule has 2 aliphatic heterocycles. The van der Waals surface area contributed by atoms with Gasteiger partial charge in [0.1, 0.15) is 5.69 Å². The average molecular weight is 379 g/mol. The van der Waals surface area contributed by atoms with Gasteiger partial charge >= 0.3 is 0 Å². The Morgan fingerprint density at radius 2 is 1.96 bits per heavy atom. The molecular formula is C21H25N5O2. The molecule has 0 unspecified atom stereocenters. The van der Waals surface area contributed by atoms with Crippen LogP contribution >= 0.6 is 0 Å². The lowest BCUT2D eigenvalue weighted by Crippen LogP contribution is -2.59. The van der Waals surface area contributed by atoms with Crippen molar-refractivity contribution in [2.24, 2.45) is 5.92 Å². The van der Waals surface area contributed by atoms with E-state index >= 15 is 0 Å². The van der Waals surface area contributed by atoms with Crippen LogP contribution in [0.1, 0.15) is 53.3 Å². The number of aryl methyl sites for hydroxylation is 1. The predicted molar refractivity (Wildman–Crippen MR) is 103 cm³/mol. The van der Waals surface area contributed by atoms with E-state index in [0.29, 0.717) is 18.8 Å². The number of carbonyl (C=O) groups is 2. The second-order valence-corrected chi connectivity index (χ2v) is 8.23. The van der Waals surface area contributed by atoms with Crippen molar-refractivity contribution < 1.29 is 9.59 Å². The molecule has 7 heteroatoms. The van der Waals surface area contributed by atoms with Gasteiger partial charge in [-0.25, -0.2) is 9.97 Å². The molecule has 0 bridgehead atoms. The topological polar surface area (TPSA) is 82.2 Å². The Morgan fingerprint density at radius 1 is 1.18 bits per heavy atom. The summed E-state index contributed by atoms with van der Waals surface area (Å²) in [7, 11) is 0. The van der Waals surface area contributed by atoms with E-state index in [0.717, 1.165) is 55.7 Å². The second-order valence-electron chi connectivity index (χ2n) is 8.23. The number of likely N-dealkylation sites (tertiary alicyclic amines) is 1. The number of H-pyrrole nitrogens is 1. The Balaban J connectivity index is 1.41. The van der Waals surface area contributed by atoms with Crippen molar-refractivity contribution in [2.75, 3.05) is 19.6 Å². The number of aromatic amines is 1. The number of hydrogen-bond donors (Lipinski definition) is 1. The fraction of sp³-hybridized carbons (Fsp3) is 0.524. The van der Waals surface area contributed by atoms with Gasteiger partial charge in [0.15, 0.2) is 0 Å². The molecule has 2 fully saturated rings. The van der Waals surface area contributed by atoms with Crippen molar-refractivity contribution in [3.63, 3.8) is 0 Å². The van der Waals surface area contributed by atoms with Crippen LogP contribution < -0.4 is 0 Å². The molecule has 1 N–H and O–H groups in total. The molecule has 3 aliphatic rings. The number of carbonyl (C=O) groups excluding carboxylic acids is 2. The summed E-state index contributed by atoms with van der Waals surface area (Å²) < 4.78 is 0. The lowest BCUT2D eigenvalue weighted by atomic mass is 9.78. The number of nitrogens with one attached hydrogen (secondary N) is 1. The van der Waals surface area contributed by atoms with Gasteiger partial charge < -0.3 is 14.8 Å². The molecule has 1 saturated carbocycles. The third-order valence-electron chi connectivity index (χ3n) is 6.44. The summed E-state index contributed by atoms with van der Waals surface area (Å²) in [6.45, 7) is 3.84. The van der Waals surface area contributed by atoms with Gasteiger partial charge in [-0.3, -0.25) is 9.59 Å². The average Bonchev–Trinajstić information content (AvgIpc) is 3.45. The van der Waals surface area contributed by atoms with E-state index in [2.05, 4.69) is 19.9 Å². The molecule has 1 spiro atoms. The number of hydrogen-bond acceptors (Lipinski definition) is 4. The van der Waals surface area contributed by atoms with Crippen molar-refractivity contribution in [1.29, 1.82) is 0 Å². The minimum absolute atomic E-state index is 0.0309. The molecule has 2 amide bonds. The molecular weight excluding hydrogens is 354 g/mol. The Bertz CT molecular complexity index is 924. The maximum Gasteiger partial charge on any atom is 0.272 e. The molecule has 28 heavy (non-hydrogen) atoms. The maximum atomic E-state index is 13.0. The smallest absolute Gasteiger partial charge is 0.272 e. The van der Waals surface area contributed by atoms with Crippen LogP contribution in [-0.2, 0) is 16.8 Å². The molecule has 4 heterocycles. The summed E-state index contributed by atoms with van der Waals surface area (Å²) in [5, 5.41) is 0. The fourth-order valence-electron chi connectivity index (χ4n) is 4.76. The third kappa shape index (κ3) is 2.72. The summed E-state index contributed by atoms with van der Waals surface area (Å²) in [6.07, 6.45) is 6.02. The number of amides is 2. The van der Waals surface area contributed by atoms with Gasteiger partial charge in [-0.1, -0.05) is 6.07 Å². The molecule has 1 aliphatic carbocycles. The molecule has 7 nitrogen and oxygen atoms in total. The van der Waals surface area contributed by atoms with E-state index in [1.807, 2.05) is 24.0 Å². The zero-order valence-electron chi connectivity index (χ0n) is 16.1. The van der Waals surface area contributed by atoms with Crippen LogP contribution in [0.15, 0.2) is 24.5 Å². The SMILES string of the molecule is Cc1cccc(C(=O)N2CCC3(CC2)c2nc[nH]c2CCN3C(=O)C2CC2)n1. The van der Waals surface area contributed by atoms with Crippen LogP contribution in [0.4, 0.5) is 0 Å². The number of rotatable bonds is 2. The van der Waals surface area contributed by atoms with Gasteiger partial charge in [-0.05, 0) is 44.7 Å². The number of nitrogens with zero attached hydrogens (tertiary/aromatic N) is 4. The third-order valence-corrected chi connectivity index (χ3v) is 6.44. The summed E-state index contributed by atoms with van der Waals surface area (Å²) in [5.41, 5.74) is 3.10. The maximum absolute atomic E-state index is 13.0. The van der Waals surface area contributed by atoms with Crippen LogP contribution in [0.3, 0.4) is 0 Å². The van der Waals surface area contributed by atoms with Crippen molar-refractivity contribution in [2.45, 2.75) is 44.6 Å². The number of imidazole rings is 1. The van der Waals surface area contributed by atoms with Crippen molar-refractivity contribution >= 4 is 11.8 Å². The van der Waals surface area contributed by atoms with E-state index in [1.165, 1.54) is 0 Å². The Morgan fingerprint density at radius 3 is 2.68 bits per heavy atom. The predicted octanol–water partition coefficient (Wildman–Crippen LogP) is 2.04. The highest BCUT2D eigenvalue weighted by atomic mass is 16.2. The first-order valence-electron chi connectivity index (χ1n) is 10.2. The van der Waals surface area contributed by atoms with Crippen molar-refractivity contribution in [3.05, 3.63) is 47.3 Å². The summed E-state index contributed by atoms with van der Waals surface area (Å²) in [6, 6.07) is 5.54. The largest absolute Gasteiger partial charge is 0.348 e. The molecule has 2 aromatic rings. The van der Waals surface area contributed by atoms with E-state index < -0.39 is 0 Å².